The van der Waals surface area contributed by atoms with Crippen LogP contribution in [-0.4, -0.2) is 28.6 Å². The standard InChI is InChI=1S/C16H17N5O2S/c17-15(18-9-12-10-21-4-7-24-16(21)20-12)19-11-2-3-13-14(8-11)23-6-1-5-22-13/h2-4,7-8,10H,1,5-6,9H2,(H3,17,18,19). The SMILES string of the molecule is NC(=NCc1cn2ccsc2n1)Nc1ccc2c(c1)OCCCO2. The van der Waals surface area contributed by atoms with E-state index in [1.165, 1.54) is 0 Å². The van der Waals surface area contributed by atoms with Crippen LogP contribution in [0.2, 0.25) is 0 Å². The number of fused-ring (bicyclic) bond motifs is 2. The molecule has 124 valence electrons. The number of nitrogens with two attached hydrogens (primary N) is 1. The van der Waals surface area contributed by atoms with Crippen molar-refractivity contribution < 1.29 is 9.47 Å². The largest absolute Gasteiger partial charge is 0.490 e. The number of hydrogen-bond acceptors (Lipinski definition) is 5. The van der Waals surface area contributed by atoms with Gasteiger partial charge >= 0.3 is 0 Å². The lowest BCUT2D eigenvalue weighted by Gasteiger charge is -2.10. The number of aliphatic imine (C=N–C) groups is 1. The van der Waals surface area contributed by atoms with Crippen molar-refractivity contribution in [2.75, 3.05) is 18.5 Å². The van der Waals surface area contributed by atoms with Crippen LogP contribution in [-0.2, 0) is 6.54 Å². The van der Waals surface area contributed by atoms with Crippen LogP contribution in [0.25, 0.3) is 4.96 Å². The summed E-state index contributed by atoms with van der Waals surface area (Å²) in [6.45, 7) is 1.75. The summed E-state index contributed by atoms with van der Waals surface area (Å²) < 4.78 is 13.3. The lowest BCUT2D eigenvalue weighted by molar-refractivity contribution is 0.297. The highest BCUT2D eigenvalue weighted by Gasteiger charge is 2.11. The Morgan fingerprint density at radius 1 is 1.33 bits per heavy atom. The molecule has 0 aliphatic carbocycles. The van der Waals surface area contributed by atoms with Gasteiger partial charge in [-0.2, -0.15) is 0 Å². The van der Waals surface area contributed by atoms with E-state index < -0.39 is 0 Å². The van der Waals surface area contributed by atoms with Crippen molar-refractivity contribution in [1.29, 1.82) is 0 Å². The number of imidazole rings is 1. The second-order valence-electron chi connectivity index (χ2n) is 5.36. The van der Waals surface area contributed by atoms with Crippen molar-refractivity contribution in [2.24, 2.45) is 10.7 Å². The molecule has 0 fully saturated rings. The summed E-state index contributed by atoms with van der Waals surface area (Å²) in [6.07, 6.45) is 4.80. The molecule has 4 rings (SSSR count). The molecule has 3 N–H and O–H groups in total. The Morgan fingerprint density at radius 3 is 3.08 bits per heavy atom. The molecular weight excluding hydrogens is 326 g/mol. The maximum Gasteiger partial charge on any atom is 0.193 e. The van der Waals surface area contributed by atoms with Gasteiger partial charge in [0, 0.05) is 35.9 Å². The van der Waals surface area contributed by atoms with Gasteiger partial charge in [0.1, 0.15) is 0 Å². The summed E-state index contributed by atoms with van der Waals surface area (Å²) in [6, 6.07) is 5.64. The Kier molecular flexibility index (Phi) is 3.96. The van der Waals surface area contributed by atoms with Gasteiger partial charge in [-0.25, -0.2) is 9.98 Å². The van der Waals surface area contributed by atoms with Gasteiger partial charge in [0.25, 0.3) is 0 Å². The van der Waals surface area contributed by atoms with Gasteiger partial charge < -0.3 is 20.5 Å². The van der Waals surface area contributed by atoms with Crippen molar-refractivity contribution in [3.05, 3.63) is 41.7 Å². The molecule has 1 aliphatic heterocycles. The number of nitrogens with one attached hydrogen (secondary N) is 1. The molecule has 1 aromatic carbocycles. The normalized spacial score (nSPS) is 14.6. The average Bonchev–Trinajstić information content (AvgIpc) is 3.07. The molecule has 1 aliphatic rings. The molecule has 7 nitrogen and oxygen atoms in total. The zero-order valence-electron chi connectivity index (χ0n) is 12.9. The number of ether oxygens (including phenoxy) is 2. The van der Waals surface area contributed by atoms with Crippen LogP contribution < -0.4 is 20.5 Å². The van der Waals surface area contributed by atoms with E-state index in [2.05, 4.69) is 15.3 Å². The second-order valence-corrected chi connectivity index (χ2v) is 6.24. The third-order valence-electron chi connectivity index (χ3n) is 3.57. The zero-order chi connectivity index (χ0) is 16.4. The smallest absolute Gasteiger partial charge is 0.193 e. The fourth-order valence-electron chi connectivity index (χ4n) is 2.45. The van der Waals surface area contributed by atoms with E-state index in [1.54, 1.807) is 11.3 Å². The number of anilines is 1. The minimum absolute atomic E-state index is 0.334. The highest BCUT2D eigenvalue weighted by atomic mass is 32.1. The van der Waals surface area contributed by atoms with E-state index >= 15 is 0 Å². The van der Waals surface area contributed by atoms with Crippen molar-refractivity contribution in [3.8, 4) is 11.5 Å². The van der Waals surface area contributed by atoms with Crippen LogP contribution in [0.3, 0.4) is 0 Å². The predicted molar refractivity (Wildman–Crippen MR) is 94.1 cm³/mol. The maximum absolute atomic E-state index is 5.96. The average molecular weight is 343 g/mol. The van der Waals surface area contributed by atoms with E-state index in [4.69, 9.17) is 15.2 Å². The maximum atomic E-state index is 5.96. The van der Waals surface area contributed by atoms with Gasteiger partial charge in [0.15, 0.2) is 22.4 Å². The topological polar surface area (TPSA) is 86.2 Å². The highest BCUT2D eigenvalue weighted by molar-refractivity contribution is 7.15. The summed E-state index contributed by atoms with van der Waals surface area (Å²) in [4.78, 5) is 9.76. The van der Waals surface area contributed by atoms with E-state index in [0.717, 1.165) is 34.3 Å². The molecule has 0 atom stereocenters. The lowest BCUT2D eigenvalue weighted by atomic mass is 10.3. The van der Waals surface area contributed by atoms with Gasteiger partial charge in [0.05, 0.1) is 25.5 Å². The fraction of sp³-hybridized carbons (Fsp3) is 0.250. The molecule has 0 amide bonds. The first-order valence-electron chi connectivity index (χ1n) is 7.65. The van der Waals surface area contributed by atoms with Crippen LogP contribution >= 0.6 is 11.3 Å². The predicted octanol–water partition coefficient (Wildman–Crippen LogP) is 2.48. The first kappa shape index (κ1) is 14.8. The number of aromatic nitrogens is 2. The Balaban J connectivity index is 1.44. The van der Waals surface area contributed by atoms with E-state index in [1.807, 2.05) is 40.4 Å². The molecule has 0 bridgehead atoms. The molecular formula is C16H17N5O2S. The summed E-state index contributed by atoms with van der Waals surface area (Å²) in [5, 5.41) is 5.07. The second kappa shape index (κ2) is 6.40. The molecule has 3 heterocycles. The summed E-state index contributed by atoms with van der Waals surface area (Å²) in [5.41, 5.74) is 7.66. The molecule has 0 spiro atoms. The molecule has 0 saturated carbocycles. The molecule has 0 unspecified atom stereocenters. The number of hydrogen-bond donors (Lipinski definition) is 2. The van der Waals surface area contributed by atoms with Crippen molar-refractivity contribution in [3.63, 3.8) is 0 Å². The zero-order valence-corrected chi connectivity index (χ0v) is 13.8. The molecule has 0 radical (unpaired) electrons. The van der Waals surface area contributed by atoms with Gasteiger partial charge in [-0.05, 0) is 12.1 Å². The van der Waals surface area contributed by atoms with Gasteiger partial charge in [-0.3, -0.25) is 4.40 Å². The highest BCUT2D eigenvalue weighted by Crippen LogP contribution is 2.32. The molecule has 3 aromatic rings. The van der Waals surface area contributed by atoms with Crippen LogP contribution in [0.1, 0.15) is 12.1 Å². The molecule has 0 saturated heterocycles. The van der Waals surface area contributed by atoms with Gasteiger partial charge in [-0.1, -0.05) is 0 Å². The van der Waals surface area contributed by atoms with Crippen molar-refractivity contribution >= 4 is 27.9 Å². The van der Waals surface area contributed by atoms with Crippen molar-refractivity contribution in [2.45, 2.75) is 13.0 Å². The molecule has 2 aromatic heterocycles. The van der Waals surface area contributed by atoms with Gasteiger partial charge in [0.2, 0.25) is 0 Å². The number of thiazole rings is 1. The molecule has 24 heavy (non-hydrogen) atoms. The van der Waals surface area contributed by atoms with Crippen molar-refractivity contribution in [1.82, 2.24) is 9.38 Å². The van der Waals surface area contributed by atoms with E-state index in [0.29, 0.717) is 25.7 Å². The Bertz CT molecular complexity index is 857. The Labute approximate surface area is 142 Å². The molecule has 8 heteroatoms. The first-order chi connectivity index (χ1) is 11.8. The minimum Gasteiger partial charge on any atom is -0.490 e. The third kappa shape index (κ3) is 3.13. The van der Waals surface area contributed by atoms with Crippen LogP contribution in [0, 0.1) is 0 Å². The summed E-state index contributed by atoms with van der Waals surface area (Å²) >= 11 is 1.59. The summed E-state index contributed by atoms with van der Waals surface area (Å²) in [5.74, 6) is 1.81. The first-order valence-corrected chi connectivity index (χ1v) is 8.53. The Morgan fingerprint density at radius 2 is 2.21 bits per heavy atom. The van der Waals surface area contributed by atoms with Crippen LogP contribution in [0.4, 0.5) is 5.69 Å². The van der Waals surface area contributed by atoms with E-state index in [-0.39, 0.29) is 0 Å². The quantitative estimate of drug-likeness (QED) is 0.564. The van der Waals surface area contributed by atoms with Crippen LogP contribution in [0.5, 0.6) is 11.5 Å². The number of guanidine groups is 1. The number of benzene rings is 1. The number of rotatable bonds is 3. The van der Waals surface area contributed by atoms with Gasteiger partial charge in [-0.15, -0.1) is 11.3 Å². The summed E-state index contributed by atoms with van der Waals surface area (Å²) in [7, 11) is 0. The third-order valence-corrected chi connectivity index (χ3v) is 4.35. The Hall–Kier alpha value is -2.74. The fourth-order valence-corrected chi connectivity index (χ4v) is 3.17. The number of nitrogens with zero attached hydrogens (tertiary/aromatic N) is 3. The monoisotopic (exact) mass is 343 g/mol. The minimum atomic E-state index is 0.334. The van der Waals surface area contributed by atoms with Crippen LogP contribution in [0.15, 0.2) is 41.0 Å². The van der Waals surface area contributed by atoms with E-state index in [9.17, 15) is 0 Å². The lowest BCUT2D eigenvalue weighted by Crippen LogP contribution is -2.22.